The molecule has 2 aliphatic carbocycles. The lowest BCUT2D eigenvalue weighted by atomic mass is 9.78. The Kier molecular flexibility index (Phi) is 2.49. The molecule has 2 unspecified atom stereocenters. The minimum atomic E-state index is 0.168. The van der Waals surface area contributed by atoms with E-state index in [2.05, 4.69) is 12.1 Å². The van der Waals surface area contributed by atoms with Gasteiger partial charge in [-0.15, -0.1) is 0 Å². The zero-order chi connectivity index (χ0) is 11.2. The number of halogens is 1. The van der Waals surface area contributed by atoms with E-state index >= 15 is 0 Å². The van der Waals surface area contributed by atoms with E-state index in [1.165, 1.54) is 24.8 Å². The van der Waals surface area contributed by atoms with Gasteiger partial charge >= 0.3 is 0 Å². The molecule has 16 heavy (non-hydrogen) atoms. The van der Waals surface area contributed by atoms with Crippen molar-refractivity contribution in [2.75, 3.05) is 6.61 Å². The molecule has 1 N–H and O–H groups in total. The van der Waals surface area contributed by atoms with Crippen LogP contribution in [0.3, 0.4) is 0 Å². The van der Waals surface area contributed by atoms with Crippen molar-refractivity contribution in [3.05, 3.63) is 34.9 Å². The van der Waals surface area contributed by atoms with Gasteiger partial charge in [-0.05, 0) is 60.6 Å². The molecular formula is C14H17ClO. The summed E-state index contributed by atoms with van der Waals surface area (Å²) >= 11 is 5.88. The van der Waals surface area contributed by atoms with Crippen LogP contribution in [-0.2, 0) is 6.42 Å². The lowest BCUT2D eigenvalue weighted by Gasteiger charge is -2.28. The SMILES string of the molecule is OCC1(Cc2ccc(Cl)cc2)CC2CC2C1. The molecule has 86 valence electrons. The van der Waals surface area contributed by atoms with Crippen molar-refractivity contribution in [3.8, 4) is 0 Å². The van der Waals surface area contributed by atoms with Crippen molar-refractivity contribution in [1.82, 2.24) is 0 Å². The number of hydrogen-bond acceptors (Lipinski definition) is 1. The summed E-state index contributed by atoms with van der Waals surface area (Å²) in [6.45, 7) is 0.336. The first kappa shape index (κ1) is 10.6. The minimum absolute atomic E-state index is 0.168. The Hall–Kier alpha value is -0.530. The first-order valence-corrected chi connectivity index (χ1v) is 6.44. The van der Waals surface area contributed by atoms with Crippen molar-refractivity contribution < 1.29 is 5.11 Å². The number of aliphatic hydroxyl groups is 1. The largest absolute Gasteiger partial charge is 0.396 e. The molecule has 0 heterocycles. The summed E-state index contributed by atoms with van der Waals surface area (Å²) in [4.78, 5) is 0. The van der Waals surface area contributed by atoms with Crippen molar-refractivity contribution in [1.29, 1.82) is 0 Å². The van der Waals surface area contributed by atoms with Gasteiger partial charge in [0.1, 0.15) is 0 Å². The Labute approximate surface area is 101 Å². The minimum Gasteiger partial charge on any atom is -0.396 e. The summed E-state index contributed by atoms with van der Waals surface area (Å²) in [6.07, 6.45) is 4.85. The van der Waals surface area contributed by atoms with Crippen LogP contribution in [0.5, 0.6) is 0 Å². The maximum atomic E-state index is 9.64. The molecule has 1 nitrogen and oxygen atoms in total. The Balaban J connectivity index is 1.75. The van der Waals surface area contributed by atoms with Crippen LogP contribution in [0.1, 0.15) is 24.8 Å². The highest BCUT2D eigenvalue weighted by Crippen LogP contribution is 2.60. The van der Waals surface area contributed by atoms with Crippen molar-refractivity contribution in [3.63, 3.8) is 0 Å². The van der Waals surface area contributed by atoms with Crippen molar-refractivity contribution in [2.45, 2.75) is 25.7 Å². The van der Waals surface area contributed by atoms with Gasteiger partial charge in [-0.2, -0.15) is 0 Å². The Morgan fingerprint density at radius 2 is 1.81 bits per heavy atom. The summed E-state index contributed by atoms with van der Waals surface area (Å²) in [5.74, 6) is 1.83. The van der Waals surface area contributed by atoms with Crippen molar-refractivity contribution in [2.24, 2.45) is 17.3 Å². The summed E-state index contributed by atoms with van der Waals surface area (Å²) in [5, 5.41) is 10.4. The molecule has 0 amide bonds. The molecule has 0 aliphatic heterocycles. The van der Waals surface area contributed by atoms with Gasteiger partial charge in [0.15, 0.2) is 0 Å². The lowest BCUT2D eigenvalue weighted by Crippen LogP contribution is -2.26. The van der Waals surface area contributed by atoms with E-state index < -0.39 is 0 Å². The highest BCUT2D eigenvalue weighted by Gasteiger charge is 2.53. The van der Waals surface area contributed by atoms with Gasteiger partial charge in [-0.3, -0.25) is 0 Å². The molecule has 0 saturated heterocycles. The van der Waals surface area contributed by atoms with Gasteiger partial charge in [0.05, 0.1) is 0 Å². The first-order chi connectivity index (χ1) is 7.71. The smallest absolute Gasteiger partial charge is 0.0490 e. The topological polar surface area (TPSA) is 20.2 Å². The summed E-state index contributed by atoms with van der Waals surface area (Å²) in [5.41, 5.74) is 1.47. The zero-order valence-electron chi connectivity index (χ0n) is 9.32. The van der Waals surface area contributed by atoms with E-state index in [4.69, 9.17) is 11.6 Å². The third kappa shape index (κ3) is 1.87. The predicted molar refractivity (Wildman–Crippen MR) is 65.5 cm³/mol. The van der Waals surface area contributed by atoms with Gasteiger partial charge in [-0.1, -0.05) is 23.7 Å². The van der Waals surface area contributed by atoms with Crippen LogP contribution in [0.4, 0.5) is 0 Å². The molecule has 0 aromatic heterocycles. The lowest BCUT2D eigenvalue weighted by molar-refractivity contribution is 0.117. The molecule has 2 aliphatic rings. The monoisotopic (exact) mass is 236 g/mol. The second kappa shape index (κ2) is 3.75. The molecule has 3 rings (SSSR count). The van der Waals surface area contributed by atoms with Gasteiger partial charge in [0, 0.05) is 11.6 Å². The fourth-order valence-corrected chi connectivity index (χ4v) is 3.50. The summed E-state index contributed by atoms with van der Waals surface area (Å²) < 4.78 is 0. The standard InChI is InChI=1S/C14H17ClO/c15-13-3-1-10(2-4-13)6-14(9-16)7-11-5-12(11)8-14/h1-4,11-12,16H,5-9H2. The van der Waals surface area contributed by atoms with E-state index in [-0.39, 0.29) is 5.41 Å². The average molecular weight is 237 g/mol. The quantitative estimate of drug-likeness (QED) is 0.854. The molecular weight excluding hydrogens is 220 g/mol. The number of hydrogen-bond donors (Lipinski definition) is 1. The van der Waals surface area contributed by atoms with Crippen LogP contribution < -0.4 is 0 Å². The van der Waals surface area contributed by atoms with E-state index in [1.807, 2.05) is 12.1 Å². The van der Waals surface area contributed by atoms with E-state index in [1.54, 1.807) is 0 Å². The first-order valence-electron chi connectivity index (χ1n) is 6.06. The van der Waals surface area contributed by atoms with E-state index in [0.29, 0.717) is 6.61 Å². The highest BCUT2D eigenvalue weighted by molar-refractivity contribution is 6.30. The summed E-state index contributed by atoms with van der Waals surface area (Å²) in [7, 11) is 0. The third-order valence-corrected chi connectivity index (χ3v) is 4.54. The molecule has 1 aromatic carbocycles. The molecule has 2 saturated carbocycles. The molecule has 0 radical (unpaired) electrons. The van der Waals surface area contributed by atoms with Crippen LogP contribution in [-0.4, -0.2) is 11.7 Å². The number of rotatable bonds is 3. The van der Waals surface area contributed by atoms with Crippen LogP contribution in [0.2, 0.25) is 5.02 Å². The van der Waals surface area contributed by atoms with Gasteiger partial charge in [0.25, 0.3) is 0 Å². The fourth-order valence-electron chi connectivity index (χ4n) is 3.37. The predicted octanol–water partition coefficient (Wildman–Crippen LogP) is 3.29. The number of aliphatic hydroxyl groups excluding tert-OH is 1. The van der Waals surface area contributed by atoms with Crippen LogP contribution in [0, 0.1) is 17.3 Å². The van der Waals surface area contributed by atoms with Crippen molar-refractivity contribution >= 4 is 11.6 Å². The van der Waals surface area contributed by atoms with E-state index in [0.717, 1.165) is 23.3 Å². The fraction of sp³-hybridized carbons (Fsp3) is 0.571. The molecule has 2 fully saturated rings. The second-order valence-corrected chi connectivity index (χ2v) is 6.06. The number of fused-ring (bicyclic) bond motifs is 1. The van der Waals surface area contributed by atoms with Crippen LogP contribution in [0.25, 0.3) is 0 Å². The number of benzene rings is 1. The maximum Gasteiger partial charge on any atom is 0.0490 e. The van der Waals surface area contributed by atoms with Crippen LogP contribution >= 0.6 is 11.6 Å². The Morgan fingerprint density at radius 1 is 1.19 bits per heavy atom. The molecule has 1 aromatic rings. The Morgan fingerprint density at radius 3 is 2.38 bits per heavy atom. The molecule has 2 heteroatoms. The van der Waals surface area contributed by atoms with Gasteiger partial charge in [0.2, 0.25) is 0 Å². The average Bonchev–Trinajstić information content (AvgIpc) is 2.91. The summed E-state index contributed by atoms with van der Waals surface area (Å²) in [6, 6.07) is 8.06. The maximum absolute atomic E-state index is 9.64. The highest BCUT2D eigenvalue weighted by atomic mass is 35.5. The normalized spacial score (nSPS) is 36.1. The van der Waals surface area contributed by atoms with Gasteiger partial charge < -0.3 is 5.11 Å². The van der Waals surface area contributed by atoms with Gasteiger partial charge in [-0.25, -0.2) is 0 Å². The third-order valence-electron chi connectivity index (χ3n) is 4.29. The zero-order valence-corrected chi connectivity index (χ0v) is 10.1. The van der Waals surface area contributed by atoms with E-state index in [9.17, 15) is 5.11 Å². The Bertz CT molecular complexity index is 374. The second-order valence-electron chi connectivity index (χ2n) is 5.63. The molecule has 0 spiro atoms. The molecule has 2 atom stereocenters. The van der Waals surface area contributed by atoms with Crippen LogP contribution in [0.15, 0.2) is 24.3 Å². The molecule has 0 bridgehead atoms.